The molecule has 0 aliphatic carbocycles. The molecular weight excluding hydrogens is 286 g/mol. The second-order valence-corrected chi connectivity index (χ2v) is 4.95. The fraction of sp³-hybridized carbons (Fsp3) is 0.500. The Bertz CT molecular complexity index is 479. The minimum atomic E-state index is -0.781. The molecule has 0 bridgehead atoms. The molecule has 2 N–H and O–H groups in total. The van der Waals surface area contributed by atoms with Crippen LogP contribution in [0.2, 0.25) is 0 Å². The van der Waals surface area contributed by atoms with Gasteiger partial charge in [-0.25, -0.2) is 0 Å². The molecule has 0 aliphatic rings. The Kier molecular flexibility index (Phi) is 7.81. The van der Waals surface area contributed by atoms with Crippen molar-refractivity contribution in [3.63, 3.8) is 0 Å². The lowest BCUT2D eigenvalue weighted by Gasteiger charge is -2.09. The molecule has 1 aromatic rings. The van der Waals surface area contributed by atoms with Gasteiger partial charge in [0.1, 0.15) is 11.5 Å². The zero-order valence-electron chi connectivity index (χ0n) is 13.1. The van der Waals surface area contributed by atoms with E-state index in [1.54, 1.807) is 32.4 Å². The number of carboxylic acids is 1. The lowest BCUT2D eigenvalue weighted by Crippen LogP contribution is -2.26. The molecule has 0 spiro atoms. The van der Waals surface area contributed by atoms with Crippen molar-refractivity contribution < 1.29 is 24.2 Å². The van der Waals surface area contributed by atoms with Crippen LogP contribution in [0.1, 0.15) is 31.2 Å². The fourth-order valence-electron chi connectivity index (χ4n) is 2.02. The number of carbonyl (C=O) groups is 2. The molecule has 22 heavy (non-hydrogen) atoms. The van der Waals surface area contributed by atoms with Crippen molar-refractivity contribution in [2.24, 2.45) is 0 Å². The topological polar surface area (TPSA) is 84.9 Å². The molecule has 0 aromatic heterocycles. The second kappa shape index (κ2) is 9.65. The number of carboxylic acid groups (broad SMARTS) is 1. The van der Waals surface area contributed by atoms with Crippen LogP contribution in [0.15, 0.2) is 18.2 Å². The first-order valence-electron chi connectivity index (χ1n) is 7.25. The van der Waals surface area contributed by atoms with Crippen molar-refractivity contribution >= 4 is 11.9 Å². The number of ether oxygens (including phenoxy) is 2. The van der Waals surface area contributed by atoms with Crippen molar-refractivity contribution in [2.75, 3.05) is 20.8 Å². The Hall–Kier alpha value is -2.24. The summed E-state index contributed by atoms with van der Waals surface area (Å²) in [5, 5.41) is 11.3. The molecule has 0 heterocycles. The zero-order valence-corrected chi connectivity index (χ0v) is 13.1. The Labute approximate surface area is 130 Å². The SMILES string of the molecule is COc1cc(CC(=O)NCCCCCC(=O)O)cc(OC)c1. The van der Waals surface area contributed by atoms with E-state index in [4.69, 9.17) is 14.6 Å². The van der Waals surface area contributed by atoms with Gasteiger partial charge >= 0.3 is 5.97 Å². The molecule has 0 saturated carbocycles. The van der Waals surface area contributed by atoms with Crippen LogP contribution in [-0.4, -0.2) is 37.7 Å². The van der Waals surface area contributed by atoms with E-state index >= 15 is 0 Å². The van der Waals surface area contributed by atoms with Gasteiger partial charge in [-0.3, -0.25) is 9.59 Å². The van der Waals surface area contributed by atoms with Crippen LogP contribution in [0.3, 0.4) is 0 Å². The van der Waals surface area contributed by atoms with Crippen LogP contribution in [0.25, 0.3) is 0 Å². The number of aliphatic carboxylic acids is 1. The van der Waals surface area contributed by atoms with Crippen molar-refractivity contribution in [3.05, 3.63) is 23.8 Å². The molecular formula is C16H23NO5. The van der Waals surface area contributed by atoms with Crippen LogP contribution in [-0.2, 0) is 16.0 Å². The van der Waals surface area contributed by atoms with Gasteiger partial charge in [0.25, 0.3) is 0 Å². The second-order valence-electron chi connectivity index (χ2n) is 4.95. The minimum Gasteiger partial charge on any atom is -0.497 e. The van der Waals surface area contributed by atoms with Crippen LogP contribution in [0.4, 0.5) is 0 Å². The third kappa shape index (κ3) is 6.97. The molecule has 1 amide bonds. The summed E-state index contributed by atoms with van der Waals surface area (Å²) in [7, 11) is 3.13. The third-order valence-electron chi connectivity index (χ3n) is 3.17. The Morgan fingerprint density at radius 1 is 1.05 bits per heavy atom. The summed E-state index contributed by atoms with van der Waals surface area (Å²) in [6.45, 7) is 0.555. The minimum absolute atomic E-state index is 0.0754. The lowest BCUT2D eigenvalue weighted by atomic mass is 10.1. The maximum Gasteiger partial charge on any atom is 0.303 e. The first-order chi connectivity index (χ1) is 10.5. The Balaban J connectivity index is 2.34. The highest BCUT2D eigenvalue weighted by atomic mass is 16.5. The highest BCUT2D eigenvalue weighted by Crippen LogP contribution is 2.22. The molecule has 0 radical (unpaired) electrons. The summed E-state index contributed by atoms with van der Waals surface area (Å²) in [5.41, 5.74) is 0.819. The average Bonchev–Trinajstić information content (AvgIpc) is 2.49. The summed E-state index contributed by atoms with van der Waals surface area (Å²) in [5.74, 6) is 0.441. The van der Waals surface area contributed by atoms with Gasteiger partial charge in [0.15, 0.2) is 0 Å². The number of nitrogens with one attached hydrogen (secondary N) is 1. The van der Waals surface area contributed by atoms with Gasteiger partial charge in [0.05, 0.1) is 20.6 Å². The highest BCUT2D eigenvalue weighted by molar-refractivity contribution is 5.78. The molecule has 1 aromatic carbocycles. The van der Waals surface area contributed by atoms with E-state index in [0.717, 1.165) is 18.4 Å². The summed E-state index contributed by atoms with van der Waals surface area (Å²) in [6.07, 6.45) is 2.64. The molecule has 6 nitrogen and oxygen atoms in total. The van der Waals surface area contributed by atoms with E-state index in [1.807, 2.05) is 0 Å². The standard InChI is InChI=1S/C16H23NO5/c1-21-13-8-12(9-14(11-13)22-2)10-15(18)17-7-5-3-4-6-16(19)20/h8-9,11H,3-7,10H2,1-2H3,(H,17,18)(H,19,20). The van der Waals surface area contributed by atoms with E-state index in [9.17, 15) is 9.59 Å². The molecule has 0 unspecified atom stereocenters. The van der Waals surface area contributed by atoms with Crippen molar-refractivity contribution in [1.82, 2.24) is 5.32 Å². The normalized spacial score (nSPS) is 10.1. The predicted molar refractivity (Wildman–Crippen MR) is 82.4 cm³/mol. The number of hydrogen-bond donors (Lipinski definition) is 2. The van der Waals surface area contributed by atoms with Crippen LogP contribution < -0.4 is 14.8 Å². The van der Waals surface area contributed by atoms with Crippen LogP contribution >= 0.6 is 0 Å². The predicted octanol–water partition coefficient (Wildman–Crippen LogP) is 2.01. The summed E-state index contributed by atoms with van der Waals surface area (Å²) >= 11 is 0. The van der Waals surface area contributed by atoms with Gasteiger partial charge in [0, 0.05) is 19.0 Å². The molecule has 0 atom stereocenters. The van der Waals surface area contributed by atoms with Gasteiger partial charge in [-0.2, -0.15) is 0 Å². The summed E-state index contributed by atoms with van der Waals surface area (Å²) < 4.78 is 10.3. The van der Waals surface area contributed by atoms with E-state index in [0.29, 0.717) is 24.5 Å². The first kappa shape index (κ1) is 17.8. The Morgan fingerprint density at radius 3 is 2.23 bits per heavy atom. The van der Waals surface area contributed by atoms with Gasteiger partial charge in [0.2, 0.25) is 5.91 Å². The van der Waals surface area contributed by atoms with Gasteiger partial charge in [-0.1, -0.05) is 6.42 Å². The number of amides is 1. The molecule has 6 heteroatoms. The van der Waals surface area contributed by atoms with E-state index in [1.165, 1.54) is 0 Å². The monoisotopic (exact) mass is 309 g/mol. The van der Waals surface area contributed by atoms with E-state index in [2.05, 4.69) is 5.32 Å². The van der Waals surface area contributed by atoms with Crippen molar-refractivity contribution in [1.29, 1.82) is 0 Å². The number of rotatable bonds is 10. The van der Waals surface area contributed by atoms with E-state index in [-0.39, 0.29) is 18.7 Å². The third-order valence-corrected chi connectivity index (χ3v) is 3.17. The average molecular weight is 309 g/mol. The molecule has 1 rings (SSSR count). The Morgan fingerprint density at radius 2 is 1.68 bits per heavy atom. The molecule has 0 fully saturated rings. The smallest absolute Gasteiger partial charge is 0.303 e. The van der Waals surface area contributed by atoms with Gasteiger partial charge < -0.3 is 19.9 Å². The maximum atomic E-state index is 11.9. The highest BCUT2D eigenvalue weighted by Gasteiger charge is 2.07. The number of benzene rings is 1. The number of unbranched alkanes of at least 4 members (excludes halogenated alkanes) is 2. The van der Waals surface area contributed by atoms with Crippen molar-refractivity contribution in [2.45, 2.75) is 32.1 Å². The number of hydrogen-bond acceptors (Lipinski definition) is 4. The fourth-order valence-corrected chi connectivity index (χ4v) is 2.02. The van der Waals surface area contributed by atoms with Crippen LogP contribution in [0, 0.1) is 0 Å². The lowest BCUT2D eigenvalue weighted by molar-refractivity contribution is -0.137. The zero-order chi connectivity index (χ0) is 16.4. The number of methoxy groups -OCH3 is 2. The largest absolute Gasteiger partial charge is 0.497 e. The van der Waals surface area contributed by atoms with E-state index < -0.39 is 5.97 Å². The molecule has 0 aliphatic heterocycles. The maximum absolute atomic E-state index is 11.9. The van der Waals surface area contributed by atoms with Gasteiger partial charge in [-0.05, 0) is 30.5 Å². The quantitative estimate of drug-likeness (QED) is 0.646. The summed E-state index contributed by atoms with van der Waals surface area (Å²) in [4.78, 5) is 22.2. The van der Waals surface area contributed by atoms with Crippen molar-refractivity contribution in [3.8, 4) is 11.5 Å². The van der Waals surface area contributed by atoms with Crippen LogP contribution in [0.5, 0.6) is 11.5 Å². The van der Waals surface area contributed by atoms with Gasteiger partial charge in [-0.15, -0.1) is 0 Å². The first-order valence-corrected chi connectivity index (χ1v) is 7.25. The number of carbonyl (C=O) groups excluding carboxylic acids is 1. The molecule has 122 valence electrons. The molecule has 0 saturated heterocycles. The summed E-state index contributed by atoms with van der Waals surface area (Å²) in [6, 6.07) is 5.35.